The highest BCUT2D eigenvalue weighted by Gasteiger charge is 2.14. The first-order chi connectivity index (χ1) is 10.2. The Morgan fingerprint density at radius 2 is 2.00 bits per heavy atom. The molecule has 0 fully saturated rings. The van der Waals surface area contributed by atoms with Crippen LogP contribution in [0.4, 0.5) is 5.69 Å². The first-order valence-electron chi connectivity index (χ1n) is 7.23. The minimum atomic E-state index is -0.214. The highest BCUT2D eigenvalue weighted by atomic mass is 35.5. The van der Waals surface area contributed by atoms with Crippen LogP contribution in [0.15, 0.2) is 34.9 Å². The molecule has 0 saturated heterocycles. The van der Waals surface area contributed by atoms with E-state index in [9.17, 15) is 4.79 Å². The number of nitrogens with one attached hydrogen (secondary N) is 1. The van der Waals surface area contributed by atoms with Gasteiger partial charge in [0.25, 0.3) is 5.91 Å². The average Bonchev–Trinajstić information content (AvgIpc) is 2.95. The van der Waals surface area contributed by atoms with E-state index in [2.05, 4.69) is 24.3 Å². The predicted molar refractivity (Wildman–Crippen MR) is 89.1 cm³/mol. The quantitative estimate of drug-likeness (QED) is 0.797. The van der Waals surface area contributed by atoms with Crippen molar-refractivity contribution in [3.8, 4) is 0 Å². The van der Waals surface area contributed by atoms with Gasteiger partial charge >= 0.3 is 0 Å². The van der Waals surface area contributed by atoms with Crippen LogP contribution in [0.25, 0.3) is 0 Å². The summed E-state index contributed by atoms with van der Waals surface area (Å²) >= 11 is 0. The molecule has 3 N–H and O–H groups in total. The largest absolute Gasteiger partial charge is 0.398 e. The third kappa shape index (κ3) is 4.24. The van der Waals surface area contributed by atoms with Crippen molar-refractivity contribution >= 4 is 24.0 Å². The molecule has 0 radical (unpaired) electrons. The first-order valence-corrected chi connectivity index (χ1v) is 7.23. The van der Waals surface area contributed by atoms with Crippen molar-refractivity contribution in [2.45, 2.75) is 39.2 Å². The van der Waals surface area contributed by atoms with Gasteiger partial charge < -0.3 is 15.6 Å². The summed E-state index contributed by atoms with van der Waals surface area (Å²) in [6, 6.07) is 8.89. The summed E-state index contributed by atoms with van der Waals surface area (Å²) in [4.78, 5) is 12.0. The van der Waals surface area contributed by atoms with Crippen molar-refractivity contribution in [3.63, 3.8) is 0 Å². The Morgan fingerprint density at radius 1 is 1.32 bits per heavy atom. The lowest BCUT2D eigenvalue weighted by Gasteiger charge is -2.06. The van der Waals surface area contributed by atoms with Crippen LogP contribution in [0.3, 0.4) is 0 Å². The number of para-hydroxylation sites is 1. The highest BCUT2D eigenvalue weighted by molar-refractivity contribution is 5.98. The zero-order valence-corrected chi connectivity index (χ0v) is 13.7. The summed E-state index contributed by atoms with van der Waals surface area (Å²) in [5.41, 5.74) is 7.65. The Labute approximate surface area is 136 Å². The second-order valence-corrected chi connectivity index (χ2v) is 5.00. The van der Waals surface area contributed by atoms with Gasteiger partial charge in [0.2, 0.25) is 0 Å². The number of anilines is 1. The first kappa shape index (κ1) is 18.0. The van der Waals surface area contributed by atoms with Crippen molar-refractivity contribution < 1.29 is 9.32 Å². The molecule has 0 saturated carbocycles. The number of rotatable bonds is 6. The average molecular weight is 324 g/mol. The number of nitrogens with zero attached hydrogens (tertiary/aromatic N) is 1. The summed E-state index contributed by atoms with van der Waals surface area (Å²) in [7, 11) is 0. The summed E-state index contributed by atoms with van der Waals surface area (Å²) in [6.45, 7) is 4.56. The number of halogens is 1. The molecule has 0 unspecified atom stereocenters. The predicted octanol–water partition coefficient (Wildman–Crippen LogP) is 3.51. The van der Waals surface area contributed by atoms with Gasteiger partial charge in [-0.25, -0.2) is 0 Å². The van der Waals surface area contributed by atoms with Crippen LogP contribution < -0.4 is 11.1 Å². The number of benzene rings is 1. The molecular formula is C16H22ClN3O2. The van der Waals surface area contributed by atoms with Crippen molar-refractivity contribution in [1.29, 1.82) is 0 Å². The minimum absolute atomic E-state index is 0. The number of nitrogens with two attached hydrogens (primary N) is 1. The van der Waals surface area contributed by atoms with Crippen LogP contribution in [0.5, 0.6) is 0 Å². The summed E-state index contributed by atoms with van der Waals surface area (Å²) in [5, 5.41) is 6.87. The summed E-state index contributed by atoms with van der Waals surface area (Å²) in [6.07, 6.45) is 2.05. The molecule has 0 aliphatic rings. The van der Waals surface area contributed by atoms with E-state index in [0.29, 0.717) is 29.5 Å². The lowest BCUT2D eigenvalue weighted by molar-refractivity contribution is 0.0948. The van der Waals surface area contributed by atoms with Gasteiger partial charge in [-0.15, -0.1) is 12.4 Å². The lowest BCUT2D eigenvalue weighted by atomic mass is 9.99. The second kappa shape index (κ2) is 8.44. The van der Waals surface area contributed by atoms with Gasteiger partial charge in [0, 0.05) is 17.7 Å². The number of hydrogen-bond acceptors (Lipinski definition) is 4. The van der Waals surface area contributed by atoms with E-state index in [4.69, 9.17) is 10.3 Å². The van der Waals surface area contributed by atoms with E-state index >= 15 is 0 Å². The van der Waals surface area contributed by atoms with Crippen molar-refractivity contribution in [1.82, 2.24) is 10.5 Å². The summed E-state index contributed by atoms with van der Waals surface area (Å²) in [5.74, 6) is 0.844. The minimum Gasteiger partial charge on any atom is -0.398 e. The maximum absolute atomic E-state index is 12.0. The van der Waals surface area contributed by atoms with Crippen LogP contribution in [-0.4, -0.2) is 11.1 Å². The smallest absolute Gasteiger partial charge is 0.253 e. The van der Waals surface area contributed by atoms with Crippen LogP contribution in [-0.2, 0) is 6.54 Å². The zero-order valence-electron chi connectivity index (χ0n) is 12.8. The van der Waals surface area contributed by atoms with Crippen LogP contribution in [0, 0.1) is 0 Å². The van der Waals surface area contributed by atoms with Crippen LogP contribution >= 0.6 is 12.4 Å². The number of amides is 1. The van der Waals surface area contributed by atoms with Gasteiger partial charge in [0.1, 0.15) is 0 Å². The molecule has 22 heavy (non-hydrogen) atoms. The molecule has 0 aliphatic carbocycles. The molecule has 1 heterocycles. The van der Waals surface area contributed by atoms with Crippen molar-refractivity contribution in [2.24, 2.45) is 0 Å². The lowest BCUT2D eigenvalue weighted by Crippen LogP contribution is -2.23. The topological polar surface area (TPSA) is 81.2 Å². The third-order valence-electron chi connectivity index (χ3n) is 3.61. The monoisotopic (exact) mass is 323 g/mol. The van der Waals surface area contributed by atoms with E-state index in [0.717, 1.165) is 18.5 Å². The van der Waals surface area contributed by atoms with Gasteiger partial charge in [-0.2, -0.15) is 0 Å². The Bertz CT molecular complexity index is 609. The maximum atomic E-state index is 12.0. The fourth-order valence-corrected chi connectivity index (χ4v) is 2.28. The molecule has 2 rings (SSSR count). The second-order valence-electron chi connectivity index (χ2n) is 5.00. The Balaban J connectivity index is 0.00000242. The van der Waals surface area contributed by atoms with E-state index < -0.39 is 0 Å². The molecule has 1 amide bonds. The molecule has 0 bridgehead atoms. The van der Waals surface area contributed by atoms with Gasteiger partial charge in [-0.3, -0.25) is 4.79 Å². The molecule has 5 nitrogen and oxygen atoms in total. The SMILES string of the molecule is CCC(CC)c1cc(CNC(=O)c2ccccc2N)on1.Cl. The van der Waals surface area contributed by atoms with Crippen LogP contribution in [0.1, 0.15) is 54.4 Å². The molecule has 2 aromatic rings. The Kier molecular flexibility index (Phi) is 6.92. The van der Waals surface area contributed by atoms with E-state index in [1.165, 1.54) is 0 Å². The van der Waals surface area contributed by atoms with Gasteiger partial charge in [-0.1, -0.05) is 31.1 Å². The molecule has 6 heteroatoms. The molecule has 1 aromatic heterocycles. The third-order valence-corrected chi connectivity index (χ3v) is 3.61. The number of aromatic nitrogens is 1. The fourth-order valence-electron chi connectivity index (χ4n) is 2.28. The Hall–Kier alpha value is -2.01. The summed E-state index contributed by atoms with van der Waals surface area (Å²) < 4.78 is 5.27. The number of hydrogen-bond donors (Lipinski definition) is 2. The van der Waals surface area contributed by atoms with E-state index in [1.807, 2.05) is 6.07 Å². The number of carbonyl (C=O) groups excluding carboxylic acids is 1. The van der Waals surface area contributed by atoms with E-state index in [1.54, 1.807) is 24.3 Å². The standard InChI is InChI=1S/C16H21N3O2.ClH/c1-3-11(4-2)15-9-12(21-19-15)10-18-16(20)13-7-5-6-8-14(13)17;/h5-9,11H,3-4,10,17H2,1-2H3,(H,18,20);1H. The van der Waals surface area contributed by atoms with Crippen LogP contribution in [0.2, 0.25) is 0 Å². The zero-order chi connectivity index (χ0) is 15.2. The highest BCUT2D eigenvalue weighted by Crippen LogP contribution is 2.22. The fraction of sp³-hybridized carbons (Fsp3) is 0.375. The van der Waals surface area contributed by atoms with Gasteiger partial charge in [0.15, 0.2) is 5.76 Å². The van der Waals surface area contributed by atoms with E-state index in [-0.39, 0.29) is 18.3 Å². The molecule has 0 aliphatic heterocycles. The number of carbonyl (C=O) groups is 1. The molecule has 0 atom stereocenters. The number of nitrogen functional groups attached to an aromatic ring is 1. The normalized spacial score (nSPS) is 10.3. The van der Waals surface area contributed by atoms with Gasteiger partial charge in [-0.05, 0) is 25.0 Å². The van der Waals surface area contributed by atoms with Gasteiger partial charge in [0.05, 0.1) is 17.8 Å². The maximum Gasteiger partial charge on any atom is 0.253 e. The van der Waals surface area contributed by atoms with Crippen molar-refractivity contribution in [3.05, 3.63) is 47.3 Å². The molecular weight excluding hydrogens is 302 g/mol. The molecule has 1 aromatic carbocycles. The van der Waals surface area contributed by atoms with Crippen molar-refractivity contribution in [2.75, 3.05) is 5.73 Å². The molecule has 0 spiro atoms. The Morgan fingerprint density at radius 3 is 2.64 bits per heavy atom. The molecule has 120 valence electrons.